The smallest absolute Gasteiger partial charge is 0.550 e. The number of likely N-dealkylation sites (tertiary alicyclic amines) is 1. The molecule has 1 rings (SSSR count). The Labute approximate surface area is 150 Å². The zero-order valence-electron chi connectivity index (χ0n) is 13.4. The Morgan fingerprint density at radius 2 is 1.62 bits per heavy atom. The molecule has 0 atom stereocenters. The van der Waals surface area contributed by atoms with Crippen LogP contribution in [-0.2, 0) is 9.59 Å². The summed E-state index contributed by atoms with van der Waals surface area (Å²) in [5.41, 5.74) is 0. The number of rotatable bonds is 9. The first kappa shape index (κ1) is 20.9. The van der Waals surface area contributed by atoms with E-state index in [9.17, 15) is 14.7 Å². The van der Waals surface area contributed by atoms with Crippen LogP contribution in [0.15, 0.2) is 0 Å². The first-order valence-corrected chi connectivity index (χ1v) is 7.87. The Balaban J connectivity index is 0.00000400. The van der Waals surface area contributed by atoms with Crippen LogP contribution in [0.2, 0.25) is 0 Å². The molecular weight excluding hydrogens is 279 g/mol. The van der Waals surface area contributed by atoms with E-state index in [2.05, 4.69) is 10.2 Å². The van der Waals surface area contributed by atoms with Crippen molar-refractivity contribution in [3.8, 4) is 0 Å². The van der Waals surface area contributed by atoms with E-state index in [0.29, 0.717) is 19.4 Å². The van der Waals surface area contributed by atoms with Crippen LogP contribution in [-0.4, -0.2) is 43.0 Å². The van der Waals surface area contributed by atoms with Crippen molar-refractivity contribution in [3.05, 3.63) is 0 Å². The molecule has 0 aromatic carbocycles. The van der Waals surface area contributed by atoms with Crippen molar-refractivity contribution in [3.63, 3.8) is 0 Å². The molecule has 1 saturated heterocycles. The minimum Gasteiger partial charge on any atom is -0.550 e. The van der Waals surface area contributed by atoms with Crippen LogP contribution in [0.1, 0.15) is 57.8 Å². The Morgan fingerprint density at radius 1 is 0.952 bits per heavy atom. The largest absolute Gasteiger partial charge is 1.00 e. The molecule has 0 bridgehead atoms. The van der Waals surface area contributed by atoms with E-state index in [1.165, 1.54) is 25.7 Å². The number of nitrogens with zero attached hydrogens (tertiary/aromatic N) is 1. The predicted molar refractivity (Wildman–Crippen MR) is 76.0 cm³/mol. The molecule has 6 heteroatoms. The van der Waals surface area contributed by atoms with Gasteiger partial charge in [-0.25, -0.2) is 0 Å². The van der Waals surface area contributed by atoms with Gasteiger partial charge >= 0.3 is 29.6 Å². The van der Waals surface area contributed by atoms with Crippen LogP contribution in [0.3, 0.4) is 0 Å². The van der Waals surface area contributed by atoms with Gasteiger partial charge < -0.3 is 20.1 Å². The molecule has 116 valence electrons. The number of hydrogen-bond acceptors (Lipinski definition) is 4. The maximum atomic E-state index is 11.7. The third-order valence-electron chi connectivity index (χ3n) is 3.73. The molecule has 0 unspecified atom stereocenters. The number of carbonyl (C=O) groups is 2. The van der Waals surface area contributed by atoms with E-state index >= 15 is 0 Å². The van der Waals surface area contributed by atoms with E-state index in [4.69, 9.17) is 0 Å². The minimum atomic E-state index is -0.994. The average molecular weight is 306 g/mol. The number of carboxylic acid groups (broad SMARTS) is 1. The summed E-state index contributed by atoms with van der Waals surface area (Å²) >= 11 is 0. The van der Waals surface area contributed by atoms with Crippen LogP contribution >= 0.6 is 0 Å². The van der Waals surface area contributed by atoms with E-state index in [0.717, 1.165) is 32.5 Å². The summed E-state index contributed by atoms with van der Waals surface area (Å²) in [5, 5.41) is 13.1. The second-order valence-electron chi connectivity index (χ2n) is 5.54. The quantitative estimate of drug-likeness (QED) is 0.384. The van der Waals surface area contributed by atoms with Gasteiger partial charge in [-0.3, -0.25) is 4.79 Å². The van der Waals surface area contributed by atoms with Crippen molar-refractivity contribution in [1.29, 1.82) is 0 Å². The Morgan fingerprint density at radius 3 is 2.24 bits per heavy atom. The molecule has 1 amide bonds. The first-order chi connectivity index (χ1) is 9.68. The van der Waals surface area contributed by atoms with E-state index in [-0.39, 0.29) is 41.9 Å². The van der Waals surface area contributed by atoms with Gasteiger partial charge in [0.1, 0.15) is 0 Å². The third-order valence-corrected chi connectivity index (χ3v) is 3.73. The van der Waals surface area contributed by atoms with Crippen LogP contribution in [0.5, 0.6) is 0 Å². The van der Waals surface area contributed by atoms with Gasteiger partial charge in [0.25, 0.3) is 0 Å². The van der Waals surface area contributed by atoms with Crippen molar-refractivity contribution in [1.82, 2.24) is 10.2 Å². The molecule has 0 aromatic rings. The number of carboxylic acids is 1. The minimum absolute atomic E-state index is 0. The third kappa shape index (κ3) is 12.2. The summed E-state index contributed by atoms with van der Waals surface area (Å²) in [5.74, 6) is -0.888. The summed E-state index contributed by atoms with van der Waals surface area (Å²) in [4.78, 5) is 24.3. The zero-order chi connectivity index (χ0) is 14.6. The molecule has 1 heterocycles. The average Bonchev–Trinajstić information content (AvgIpc) is 2.68. The van der Waals surface area contributed by atoms with Crippen molar-refractivity contribution in [2.45, 2.75) is 57.8 Å². The van der Waals surface area contributed by atoms with Gasteiger partial charge in [-0.15, -0.1) is 0 Å². The summed E-state index contributed by atoms with van der Waals surface area (Å²) < 4.78 is 0. The Hall–Kier alpha value is -0.100. The molecule has 0 aromatic heterocycles. The van der Waals surface area contributed by atoms with Crippen LogP contribution in [0, 0.1) is 0 Å². The number of nitrogens with one attached hydrogen (secondary N) is 1. The fourth-order valence-corrected chi connectivity index (χ4v) is 2.51. The Kier molecular flexibility index (Phi) is 13.5. The van der Waals surface area contributed by atoms with Crippen molar-refractivity contribution in [2.75, 3.05) is 26.2 Å². The summed E-state index contributed by atoms with van der Waals surface area (Å²) in [6, 6.07) is 0. The van der Waals surface area contributed by atoms with Crippen molar-refractivity contribution >= 4 is 11.9 Å². The number of amides is 1. The van der Waals surface area contributed by atoms with Gasteiger partial charge in [0, 0.05) is 25.5 Å². The predicted octanol–water partition coefficient (Wildman–Crippen LogP) is -2.32. The maximum absolute atomic E-state index is 11.7. The molecule has 21 heavy (non-hydrogen) atoms. The molecule has 0 radical (unpaired) electrons. The zero-order valence-corrected chi connectivity index (χ0v) is 15.4. The van der Waals surface area contributed by atoms with E-state index in [1.54, 1.807) is 0 Å². The standard InChI is InChI=1S/C15H28N2O3.Na/c18-14(16-10-5-3-4-8-15(19)20)9-13-17-11-6-1-2-7-12-17;/h1-13H2,(H,16,18)(H,19,20);/q;+1/p-1. The molecular formula is C15H27N2NaO3. The molecule has 5 nitrogen and oxygen atoms in total. The van der Waals surface area contributed by atoms with Gasteiger partial charge in [-0.2, -0.15) is 0 Å². The van der Waals surface area contributed by atoms with Crippen LogP contribution in [0.25, 0.3) is 0 Å². The van der Waals surface area contributed by atoms with E-state index < -0.39 is 5.97 Å². The second-order valence-corrected chi connectivity index (χ2v) is 5.54. The van der Waals surface area contributed by atoms with Gasteiger partial charge in [0.15, 0.2) is 0 Å². The second kappa shape index (κ2) is 13.6. The fourth-order valence-electron chi connectivity index (χ4n) is 2.51. The van der Waals surface area contributed by atoms with E-state index in [1.807, 2.05) is 0 Å². The summed E-state index contributed by atoms with van der Waals surface area (Å²) in [6.45, 7) is 3.75. The first-order valence-electron chi connectivity index (χ1n) is 7.87. The number of carbonyl (C=O) groups excluding carboxylic acids is 2. The number of unbranched alkanes of at least 4 members (excludes halogenated alkanes) is 2. The molecule has 1 aliphatic rings. The fraction of sp³-hybridized carbons (Fsp3) is 0.867. The normalized spacial score (nSPS) is 15.8. The van der Waals surface area contributed by atoms with Gasteiger partial charge in [0.2, 0.25) is 5.91 Å². The molecule has 1 N–H and O–H groups in total. The SMILES string of the molecule is O=C([O-])CCCCCNC(=O)CCN1CCCCCC1.[Na+]. The topological polar surface area (TPSA) is 72.5 Å². The molecule has 0 saturated carbocycles. The number of hydrogen-bond donors (Lipinski definition) is 1. The molecule has 1 aliphatic heterocycles. The van der Waals surface area contributed by atoms with Gasteiger partial charge in [-0.05, 0) is 45.2 Å². The Bertz CT molecular complexity index is 293. The molecule has 1 fully saturated rings. The van der Waals surface area contributed by atoms with Crippen LogP contribution in [0.4, 0.5) is 0 Å². The summed E-state index contributed by atoms with van der Waals surface area (Å²) in [6.07, 6.45) is 8.10. The molecule has 0 aliphatic carbocycles. The molecule has 0 spiro atoms. The van der Waals surface area contributed by atoms with Crippen LogP contribution < -0.4 is 40.0 Å². The number of aliphatic carboxylic acids is 1. The summed E-state index contributed by atoms with van der Waals surface area (Å²) in [7, 11) is 0. The van der Waals surface area contributed by atoms with Gasteiger partial charge in [-0.1, -0.05) is 19.3 Å². The van der Waals surface area contributed by atoms with Crippen molar-refractivity contribution < 1.29 is 44.3 Å². The monoisotopic (exact) mass is 306 g/mol. The van der Waals surface area contributed by atoms with Gasteiger partial charge in [0.05, 0.1) is 0 Å². The van der Waals surface area contributed by atoms with Crippen molar-refractivity contribution in [2.24, 2.45) is 0 Å². The maximum Gasteiger partial charge on any atom is 1.00 e.